The van der Waals surface area contributed by atoms with Crippen molar-refractivity contribution < 1.29 is 69.0 Å². The van der Waals surface area contributed by atoms with Gasteiger partial charge >= 0.3 is 6.09 Å². The van der Waals surface area contributed by atoms with Gasteiger partial charge in [-0.2, -0.15) is 0 Å². The molecule has 0 aliphatic carbocycles. The summed E-state index contributed by atoms with van der Waals surface area (Å²) >= 11 is 0. The molecule has 3 aliphatic rings. The van der Waals surface area contributed by atoms with E-state index in [-0.39, 0.29) is 39.3 Å². The predicted molar refractivity (Wildman–Crippen MR) is 183 cm³/mol. The van der Waals surface area contributed by atoms with Gasteiger partial charge in [0.05, 0.1) is 25.4 Å². The Bertz CT molecular complexity index is 1290. The van der Waals surface area contributed by atoms with Crippen LogP contribution in [0.25, 0.3) is 0 Å². The van der Waals surface area contributed by atoms with Crippen molar-refractivity contribution in [1.29, 1.82) is 0 Å². The summed E-state index contributed by atoms with van der Waals surface area (Å²) in [5.74, 6) is 0. The second-order valence-corrected chi connectivity index (χ2v) is 14.0. The Hall–Kier alpha value is -3.26. The van der Waals surface area contributed by atoms with Crippen molar-refractivity contribution in [2.45, 2.75) is 100 Å². The number of ether oxygens (including phenoxy) is 5. The minimum Gasteiger partial charge on any atom is -0.483 e. The van der Waals surface area contributed by atoms with E-state index in [0.29, 0.717) is 24.1 Å². The Balaban J connectivity index is 0.00000195. The van der Waals surface area contributed by atoms with Gasteiger partial charge in [0.2, 0.25) is 0 Å². The minimum absolute atomic E-state index is 0.131. The monoisotopic (exact) mass is 736 g/mol. The Kier molecular flexibility index (Phi) is 15.3. The number of rotatable bonds is 11. The highest BCUT2D eigenvalue weighted by molar-refractivity contribution is 5.68. The van der Waals surface area contributed by atoms with E-state index in [0.717, 1.165) is 0 Å². The van der Waals surface area contributed by atoms with E-state index < -0.39 is 79.1 Å². The van der Waals surface area contributed by atoms with Crippen LogP contribution in [0.4, 0.5) is 4.79 Å². The molecular weight excluding hydrogens is 684 g/mol. The van der Waals surface area contributed by atoms with Crippen LogP contribution >= 0.6 is 0 Å². The fourth-order valence-electron chi connectivity index (χ4n) is 6.33. The summed E-state index contributed by atoms with van der Waals surface area (Å²) < 4.78 is 28.6. The molecule has 3 saturated heterocycles. The van der Waals surface area contributed by atoms with Gasteiger partial charge in [0, 0.05) is 43.3 Å². The molecule has 0 saturated carbocycles. The zero-order chi connectivity index (χ0) is 38.0. The maximum Gasteiger partial charge on any atom is 0.410 e. The molecule has 2 unspecified atom stereocenters. The SMILES string of the molecule is CC(C)(C)OC(=O)N1CC[C@H](N(C[C@H](O)[C@@H](O)[C@@H]2OC(c3ccccc3)OC[C@H]2O)C[C@H](O)[C@@H](O)[C@@H]2OC(c3ccccc3)OC[C@H]2O)C1.O=CO. The van der Waals surface area contributed by atoms with Crippen LogP contribution < -0.4 is 0 Å². The molecule has 3 heterocycles. The first kappa shape index (κ1) is 41.5. The number of aliphatic hydroxyl groups excluding tert-OH is 6. The van der Waals surface area contributed by atoms with E-state index in [1.807, 2.05) is 12.1 Å². The van der Waals surface area contributed by atoms with Crippen LogP contribution in [0, 0.1) is 0 Å². The van der Waals surface area contributed by atoms with Crippen LogP contribution in [-0.2, 0) is 28.5 Å². The van der Waals surface area contributed by atoms with Crippen LogP contribution in [0.3, 0.4) is 0 Å². The third-order valence-corrected chi connectivity index (χ3v) is 8.94. The van der Waals surface area contributed by atoms with Crippen LogP contribution in [0.1, 0.15) is 50.9 Å². The lowest BCUT2D eigenvalue weighted by molar-refractivity contribution is -0.285. The Morgan fingerprint density at radius 1 is 0.846 bits per heavy atom. The zero-order valence-electron chi connectivity index (χ0n) is 29.5. The van der Waals surface area contributed by atoms with E-state index in [9.17, 15) is 35.4 Å². The number of carbonyl (C=O) groups is 2. The smallest absolute Gasteiger partial charge is 0.410 e. The fourth-order valence-corrected chi connectivity index (χ4v) is 6.33. The maximum absolute atomic E-state index is 12.9. The first-order valence-electron chi connectivity index (χ1n) is 17.2. The number of aliphatic hydroxyl groups is 6. The predicted octanol–water partition coefficient (Wildman–Crippen LogP) is 0.392. The molecule has 0 radical (unpaired) electrons. The molecule has 290 valence electrons. The van der Waals surface area contributed by atoms with Crippen molar-refractivity contribution in [2.24, 2.45) is 0 Å². The molecule has 3 aliphatic heterocycles. The number of likely N-dealkylation sites (tertiary alicyclic amines) is 1. The number of amides is 1. The average molecular weight is 737 g/mol. The lowest BCUT2D eigenvalue weighted by Crippen LogP contribution is -2.57. The molecular formula is C36H52N2O14. The minimum atomic E-state index is -1.56. The molecule has 2 aromatic rings. The largest absolute Gasteiger partial charge is 0.483 e. The number of nitrogens with zero attached hydrogens (tertiary/aromatic N) is 2. The Morgan fingerprint density at radius 2 is 1.27 bits per heavy atom. The molecule has 0 bridgehead atoms. The number of carbonyl (C=O) groups excluding carboxylic acids is 1. The van der Waals surface area contributed by atoms with E-state index in [2.05, 4.69) is 0 Å². The average Bonchev–Trinajstić information content (AvgIpc) is 3.62. The molecule has 5 rings (SSSR count). The van der Waals surface area contributed by atoms with Gasteiger partial charge in [0.15, 0.2) is 12.6 Å². The highest BCUT2D eigenvalue weighted by atomic mass is 16.7. The summed E-state index contributed by atoms with van der Waals surface area (Å²) in [5, 5.41) is 73.5. The van der Waals surface area contributed by atoms with Gasteiger partial charge in [-0.15, -0.1) is 0 Å². The van der Waals surface area contributed by atoms with Crippen molar-refractivity contribution in [3.63, 3.8) is 0 Å². The van der Waals surface area contributed by atoms with E-state index in [1.54, 1.807) is 74.2 Å². The second kappa shape index (κ2) is 19.2. The van der Waals surface area contributed by atoms with Crippen molar-refractivity contribution in [2.75, 3.05) is 39.4 Å². The summed E-state index contributed by atoms with van der Waals surface area (Å²) in [4.78, 5) is 24.4. The van der Waals surface area contributed by atoms with Gasteiger partial charge < -0.3 is 64.3 Å². The summed E-state index contributed by atoms with van der Waals surface area (Å²) in [5.41, 5.74) is 0.653. The van der Waals surface area contributed by atoms with Crippen LogP contribution in [0.2, 0.25) is 0 Å². The summed E-state index contributed by atoms with van der Waals surface area (Å²) in [7, 11) is 0. The van der Waals surface area contributed by atoms with E-state index >= 15 is 0 Å². The number of hydrogen-bond donors (Lipinski definition) is 7. The normalized spacial score (nSPS) is 29.0. The Morgan fingerprint density at radius 3 is 1.67 bits per heavy atom. The summed E-state index contributed by atoms with van der Waals surface area (Å²) in [6.07, 6.45) is -12.8. The quantitative estimate of drug-likeness (QED) is 0.155. The van der Waals surface area contributed by atoms with Gasteiger partial charge in [-0.05, 0) is 27.2 Å². The van der Waals surface area contributed by atoms with Crippen LogP contribution in [0.15, 0.2) is 60.7 Å². The molecule has 0 aromatic heterocycles. The molecule has 3 fully saturated rings. The molecule has 7 N–H and O–H groups in total. The number of hydrogen-bond acceptors (Lipinski definition) is 14. The van der Waals surface area contributed by atoms with Crippen molar-refractivity contribution in [1.82, 2.24) is 9.80 Å². The topological polar surface area (TPSA) is 228 Å². The zero-order valence-corrected chi connectivity index (χ0v) is 29.5. The molecule has 16 nitrogen and oxygen atoms in total. The molecule has 2 aromatic carbocycles. The molecule has 11 atom stereocenters. The summed E-state index contributed by atoms with van der Waals surface area (Å²) in [6, 6.07) is 17.6. The molecule has 0 spiro atoms. The van der Waals surface area contributed by atoms with Gasteiger partial charge in [-0.25, -0.2) is 4.79 Å². The Labute approximate surface area is 302 Å². The third kappa shape index (κ3) is 11.4. The first-order chi connectivity index (χ1) is 24.7. The molecule has 52 heavy (non-hydrogen) atoms. The van der Waals surface area contributed by atoms with E-state index in [1.165, 1.54) is 4.90 Å². The van der Waals surface area contributed by atoms with Crippen molar-refractivity contribution in [3.8, 4) is 0 Å². The van der Waals surface area contributed by atoms with Gasteiger partial charge in [-0.1, -0.05) is 60.7 Å². The number of benzene rings is 2. The fraction of sp³-hybridized carbons (Fsp3) is 0.611. The van der Waals surface area contributed by atoms with E-state index in [4.69, 9.17) is 33.6 Å². The first-order valence-corrected chi connectivity index (χ1v) is 17.2. The second-order valence-electron chi connectivity index (χ2n) is 14.0. The van der Waals surface area contributed by atoms with Gasteiger partial charge in [0.25, 0.3) is 6.47 Å². The standard InChI is InChI=1S/C35H50N2O12.CH2O2/c1-35(2,3)49-34(44)36-15-14-23(16-36)37(17-24(38)28(42)30-26(40)19-45-32(47-30)21-10-6-4-7-11-21)18-25(39)29(43)31-27(41)20-46-33(48-31)22-12-8-5-9-13-22;2-1-3/h4-13,23-33,38-43H,14-20H2,1-3H3;1H,(H,2,3)/t23-,24-,25-,26+,27+,28+,29+,30+,31+,32?,33?;/m0./s1. The highest BCUT2D eigenvalue weighted by Crippen LogP contribution is 2.31. The van der Waals surface area contributed by atoms with Crippen LogP contribution in [-0.4, -0.2) is 158 Å². The van der Waals surface area contributed by atoms with Crippen molar-refractivity contribution >= 4 is 12.6 Å². The summed E-state index contributed by atoms with van der Waals surface area (Å²) in [6.45, 7) is 4.89. The highest BCUT2D eigenvalue weighted by Gasteiger charge is 2.44. The molecule has 1 amide bonds. The maximum atomic E-state index is 12.9. The van der Waals surface area contributed by atoms with Gasteiger partial charge in [0.1, 0.15) is 42.2 Å². The van der Waals surface area contributed by atoms with Crippen LogP contribution in [0.5, 0.6) is 0 Å². The lowest BCUT2D eigenvalue weighted by Gasteiger charge is -2.41. The molecule has 16 heteroatoms. The number of carboxylic acid groups (broad SMARTS) is 1. The van der Waals surface area contributed by atoms with Gasteiger partial charge in [-0.3, -0.25) is 9.69 Å². The third-order valence-electron chi connectivity index (χ3n) is 8.94. The van der Waals surface area contributed by atoms with Crippen molar-refractivity contribution in [3.05, 3.63) is 71.8 Å². The lowest BCUT2D eigenvalue weighted by atomic mass is 9.98.